The van der Waals surface area contributed by atoms with E-state index in [2.05, 4.69) is 56.3 Å². The largest absolute Gasteiger partial charge is 0.481 e. The highest BCUT2D eigenvalue weighted by Gasteiger charge is 2.11. The van der Waals surface area contributed by atoms with E-state index in [0.29, 0.717) is 12.3 Å². The van der Waals surface area contributed by atoms with Gasteiger partial charge in [0.25, 0.3) is 0 Å². The first kappa shape index (κ1) is 19.3. The van der Waals surface area contributed by atoms with Crippen molar-refractivity contribution in [1.29, 1.82) is 0 Å². The fourth-order valence-corrected chi connectivity index (χ4v) is 3.92. The number of aryl methyl sites for hydroxylation is 1. The van der Waals surface area contributed by atoms with Crippen LogP contribution in [0.4, 0.5) is 11.5 Å². The molecule has 4 rings (SSSR count). The van der Waals surface area contributed by atoms with Crippen molar-refractivity contribution in [2.75, 3.05) is 12.4 Å². The van der Waals surface area contributed by atoms with Crippen LogP contribution >= 0.6 is 15.9 Å². The summed E-state index contributed by atoms with van der Waals surface area (Å²) >= 11 is 3.64. The number of rotatable bonds is 6. The Morgan fingerprint density at radius 1 is 1.00 bits per heavy atom. The molecule has 0 atom stereocenters. The van der Waals surface area contributed by atoms with Gasteiger partial charge in [0, 0.05) is 52.2 Å². The molecule has 1 N–H and O–H groups in total. The van der Waals surface area contributed by atoms with Crippen molar-refractivity contribution < 1.29 is 4.74 Å². The third-order valence-corrected chi connectivity index (χ3v) is 5.55. The molecule has 3 heterocycles. The molecule has 0 aliphatic rings. The maximum absolute atomic E-state index is 5.14. The Balaban J connectivity index is 1.66. The van der Waals surface area contributed by atoms with E-state index in [4.69, 9.17) is 9.72 Å². The topological polar surface area (TPSA) is 59.9 Å². The molecular formula is C23H21BrN4O. The molecule has 0 amide bonds. The normalized spacial score (nSPS) is 10.9. The maximum Gasteiger partial charge on any atom is 0.212 e. The molecule has 0 unspecified atom stereocenters. The fraction of sp³-hybridized carbons (Fsp3) is 0.174. The first-order valence-corrected chi connectivity index (χ1v) is 10.2. The van der Waals surface area contributed by atoms with Gasteiger partial charge in [0.05, 0.1) is 12.6 Å². The predicted octanol–water partition coefficient (Wildman–Crippen LogP) is 5.69. The van der Waals surface area contributed by atoms with E-state index in [1.54, 1.807) is 7.11 Å². The van der Waals surface area contributed by atoms with E-state index in [0.717, 1.165) is 44.4 Å². The third kappa shape index (κ3) is 4.22. The zero-order valence-corrected chi connectivity index (χ0v) is 17.9. The van der Waals surface area contributed by atoms with Gasteiger partial charge in [-0.1, -0.05) is 35.0 Å². The summed E-state index contributed by atoms with van der Waals surface area (Å²) in [5.41, 5.74) is 5.34. The number of hydrogen-bond acceptors (Lipinski definition) is 5. The second kappa shape index (κ2) is 8.57. The van der Waals surface area contributed by atoms with Gasteiger partial charge < -0.3 is 10.1 Å². The average molecular weight is 449 g/mol. The summed E-state index contributed by atoms with van der Waals surface area (Å²) in [4.78, 5) is 13.6. The highest BCUT2D eigenvalue weighted by Crippen LogP contribution is 2.29. The Labute approximate surface area is 178 Å². The molecule has 0 aliphatic carbocycles. The van der Waals surface area contributed by atoms with Crippen LogP contribution in [0.2, 0.25) is 0 Å². The van der Waals surface area contributed by atoms with Crippen LogP contribution in [0, 0.1) is 0 Å². The highest BCUT2D eigenvalue weighted by molar-refractivity contribution is 9.10. The van der Waals surface area contributed by atoms with Gasteiger partial charge in [-0.3, -0.25) is 4.98 Å². The minimum Gasteiger partial charge on any atom is -0.481 e. The van der Waals surface area contributed by atoms with Crippen molar-refractivity contribution in [1.82, 2.24) is 15.0 Å². The van der Waals surface area contributed by atoms with Crippen molar-refractivity contribution in [3.63, 3.8) is 0 Å². The molecule has 5 nitrogen and oxygen atoms in total. The molecule has 146 valence electrons. The molecule has 0 saturated carbocycles. The van der Waals surface area contributed by atoms with Crippen LogP contribution in [0.3, 0.4) is 0 Å². The van der Waals surface area contributed by atoms with Gasteiger partial charge in [-0.15, -0.1) is 0 Å². The summed E-state index contributed by atoms with van der Waals surface area (Å²) in [6.45, 7) is 2.14. The fourth-order valence-electron chi connectivity index (χ4n) is 3.26. The standard InChI is InChI=1S/C23H21BrN4O/c1-3-16-7-8-18(12-20(16)24)28-23-19-5-4-10-25-22(19)17(14-27-23)11-15-6-9-21(29-2)26-13-15/h4-10,12-14H,3,11H2,1-2H3,(H,27,28). The molecule has 0 radical (unpaired) electrons. The summed E-state index contributed by atoms with van der Waals surface area (Å²) in [5, 5.41) is 4.42. The van der Waals surface area contributed by atoms with Gasteiger partial charge in [-0.05, 0) is 41.8 Å². The van der Waals surface area contributed by atoms with Crippen LogP contribution in [-0.4, -0.2) is 22.1 Å². The van der Waals surface area contributed by atoms with Gasteiger partial charge in [0.2, 0.25) is 5.88 Å². The van der Waals surface area contributed by atoms with Crippen LogP contribution < -0.4 is 10.1 Å². The summed E-state index contributed by atoms with van der Waals surface area (Å²) in [6.07, 6.45) is 7.22. The maximum atomic E-state index is 5.14. The number of anilines is 2. The van der Waals surface area contributed by atoms with Crippen molar-refractivity contribution >= 4 is 38.3 Å². The molecule has 0 fully saturated rings. The molecule has 1 aromatic carbocycles. The van der Waals surface area contributed by atoms with Crippen LogP contribution in [0.5, 0.6) is 5.88 Å². The number of benzene rings is 1. The second-order valence-electron chi connectivity index (χ2n) is 6.70. The van der Waals surface area contributed by atoms with E-state index >= 15 is 0 Å². The molecule has 4 aromatic rings. The Hall–Kier alpha value is -2.99. The molecule has 0 aliphatic heterocycles. The minimum absolute atomic E-state index is 0.606. The first-order chi connectivity index (χ1) is 14.2. The Kier molecular flexibility index (Phi) is 5.71. The van der Waals surface area contributed by atoms with Crippen molar-refractivity contribution in [3.05, 3.63) is 82.2 Å². The van der Waals surface area contributed by atoms with Crippen LogP contribution in [-0.2, 0) is 12.8 Å². The summed E-state index contributed by atoms with van der Waals surface area (Å²) < 4.78 is 6.23. The van der Waals surface area contributed by atoms with Crippen LogP contribution in [0.1, 0.15) is 23.6 Å². The second-order valence-corrected chi connectivity index (χ2v) is 7.56. The third-order valence-electron chi connectivity index (χ3n) is 4.81. The first-order valence-electron chi connectivity index (χ1n) is 9.45. The number of hydrogen-bond donors (Lipinski definition) is 1. The van der Waals surface area contributed by atoms with E-state index in [9.17, 15) is 0 Å². The van der Waals surface area contributed by atoms with Gasteiger partial charge in [-0.25, -0.2) is 9.97 Å². The quantitative estimate of drug-likeness (QED) is 0.410. The predicted molar refractivity (Wildman–Crippen MR) is 120 cm³/mol. The van der Waals surface area contributed by atoms with E-state index < -0.39 is 0 Å². The Morgan fingerprint density at radius 2 is 1.90 bits per heavy atom. The molecule has 0 bridgehead atoms. The van der Waals surface area contributed by atoms with Gasteiger partial charge >= 0.3 is 0 Å². The lowest BCUT2D eigenvalue weighted by Crippen LogP contribution is -2.00. The summed E-state index contributed by atoms with van der Waals surface area (Å²) in [6, 6.07) is 14.1. The number of nitrogens with zero attached hydrogens (tertiary/aromatic N) is 3. The molecule has 29 heavy (non-hydrogen) atoms. The molecule has 0 spiro atoms. The van der Waals surface area contributed by atoms with Crippen molar-refractivity contribution in [2.45, 2.75) is 19.8 Å². The monoisotopic (exact) mass is 448 g/mol. The Morgan fingerprint density at radius 3 is 2.62 bits per heavy atom. The summed E-state index contributed by atoms with van der Waals surface area (Å²) in [5.74, 6) is 1.40. The van der Waals surface area contributed by atoms with Crippen molar-refractivity contribution in [3.8, 4) is 5.88 Å². The number of methoxy groups -OCH3 is 1. The highest BCUT2D eigenvalue weighted by atomic mass is 79.9. The number of pyridine rings is 3. The van der Waals surface area contributed by atoms with Crippen LogP contribution in [0.15, 0.2) is 65.5 Å². The lowest BCUT2D eigenvalue weighted by atomic mass is 10.1. The SMILES string of the molecule is CCc1ccc(Nc2ncc(Cc3ccc(OC)nc3)c3ncccc23)cc1Br. The number of halogens is 1. The summed E-state index contributed by atoms with van der Waals surface area (Å²) in [7, 11) is 1.61. The molecular weight excluding hydrogens is 428 g/mol. The zero-order chi connectivity index (χ0) is 20.2. The molecule has 3 aromatic heterocycles. The van der Waals surface area contributed by atoms with E-state index in [1.165, 1.54) is 5.56 Å². The van der Waals surface area contributed by atoms with Crippen molar-refractivity contribution in [2.24, 2.45) is 0 Å². The number of aromatic nitrogens is 3. The molecule has 6 heteroatoms. The number of nitrogens with one attached hydrogen (secondary N) is 1. The van der Waals surface area contributed by atoms with E-state index in [1.807, 2.05) is 42.9 Å². The number of fused-ring (bicyclic) bond motifs is 1. The van der Waals surface area contributed by atoms with Crippen LogP contribution in [0.25, 0.3) is 10.9 Å². The minimum atomic E-state index is 0.606. The van der Waals surface area contributed by atoms with Gasteiger partial charge in [0.15, 0.2) is 0 Å². The lowest BCUT2D eigenvalue weighted by molar-refractivity contribution is 0.397. The lowest BCUT2D eigenvalue weighted by Gasteiger charge is -2.13. The van der Waals surface area contributed by atoms with Gasteiger partial charge in [-0.2, -0.15) is 0 Å². The average Bonchev–Trinajstić information content (AvgIpc) is 2.76. The van der Waals surface area contributed by atoms with E-state index in [-0.39, 0.29) is 0 Å². The smallest absolute Gasteiger partial charge is 0.212 e. The number of ether oxygens (including phenoxy) is 1. The molecule has 0 saturated heterocycles. The van der Waals surface area contributed by atoms with Gasteiger partial charge in [0.1, 0.15) is 5.82 Å². The Bertz CT molecular complexity index is 1150. The zero-order valence-electron chi connectivity index (χ0n) is 16.3.